The van der Waals surface area contributed by atoms with Crippen LogP contribution in [0.2, 0.25) is 0 Å². The van der Waals surface area contributed by atoms with Crippen LogP contribution < -0.4 is 5.73 Å². The molecule has 0 atom stereocenters. The lowest BCUT2D eigenvalue weighted by molar-refractivity contribution is 0.866. The van der Waals surface area contributed by atoms with E-state index in [9.17, 15) is 0 Å². The summed E-state index contributed by atoms with van der Waals surface area (Å²) in [6.07, 6.45) is 0. The predicted octanol–water partition coefficient (Wildman–Crippen LogP) is 3.77. The van der Waals surface area contributed by atoms with Crippen LogP contribution in [0, 0.1) is 20.8 Å². The zero-order valence-corrected chi connectivity index (χ0v) is 12.3. The maximum Gasteiger partial charge on any atom is 0.126 e. The van der Waals surface area contributed by atoms with E-state index < -0.39 is 0 Å². The van der Waals surface area contributed by atoms with Crippen molar-refractivity contribution in [2.24, 2.45) is 0 Å². The Labute approximate surface area is 114 Å². The van der Waals surface area contributed by atoms with E-state index in [-0.39, 0.29) is 0 Å². The SMILES string of the molecule is Cc1nc(C)c(N)c(-c2cc(C(C)C)ccc2C)n1. The number of nitrogens with two attached hydrogens (primary N) is 1. The molecule has 0 unspecified atom stereocenters. The molecule has 0 spiro atoms. The monoisotopic (exact) mass is 255 g/mol. The third-order valence-electron chi connectivity index (χ3n) is 3.43. The first-order valence-corrected chi connectivity index (χ1v) is 6.61. The lowest BCUT2D eigenvalue weighted by Crippen LogP contribution is -2.03. The fourth-order valence-corrected chi connectivity index (χ4v) is 2.18. The van der Waals surface area contributed by atoms with Crippen molar-refractivity contribution in [2.75, 3.05) is 5.73 Å². The zero-order valence-electron chi connectivity index (χ0n) is 12.3. The van der Waals surface area contributed by atoms with Crippen molar-refractivity contribution >= 4 is 5.69 Å². The maximum atomic E-state index is 6.15. The highest BCUT2D eigenvalue weighted by Gasteiger charge is 2.13. The van der Waals surface area contributed by atoms with E-state index in [0.717, 1.165) is 22.8 Å². The van der Waals surface area contributed by atoms with Crippen molar-refractivity contribution in [3.63, 3.8) is 0 Å². The number of benzene rings is 1. The van der Waals surface area contributed by atoms with E-state index in [0.29, 0.717) is 11.6 Å². The van der Waals surface area contributed by atoms with Crippen molar-refractivity contribution in [2.45, 2.75) is 40.5 Å². The van der Waals surface area contributed by atoms with Gasteiger partial charge in [-0.1, -0.05) is 26.0 Å². The molecule has 0 aliphatic carbocycles. The molecular weight excluding hydrogens is 234 g/mol. The molecule has 1 aromatic heterocycles. The van der Waals surface area contributed by atoms with Crippen molar-refractivity contribution in [3.8, 4) is 11.3 Å². The maximum absolute atomic E-state index is 6.15. The van der Waals surface area contributed by atoms with E-state index in [1.165, 1.54) is 11.1 Å². The average molecular weight is 255 g/mol. The summed E-state index contributed by atoms with van der Waals surface area (Å²) < 4.78 is 0. The Hall–Kier alpha value is -1.90. The summed E-state index contributed by atoms with van der Waals surface area (Å²) in [5, 5.41) is 0. The Kier molecular flexibility index (Phi) is 3.56. The lowest BCUT2D eigenvalue weighted by atomic mass is 9.95. The quantitative estimate of drug-likeness (QED) is 0.888. The van der Waals surface area contributed by atoms with Crippen LogP contribution in [0.15, 0.2) is 18.2 Å². The fraction of sp³-hybridized carbons (Fsp3) is 0.375. The second-order valence-corrected chi connectivity index (χ2v) is 5.35. The molecule has 1 heterocycles. The molecule has 3 nitrogen and oxygen atoms in total. The number of nitrogen functional groups attached to an aromatic ring is 1. The second kappa shape index (κ2) is 5.00. The molecule has 0 saturated carbocycles. The van der Waals surface area contributed by atoms with Gasteiger partial charge in [-0.15, -0.1) is 0 Å². The number of hydrogen-bond acceptors (Lipinski definition) is 3. The van der Waals surface area contributed by atoms with Crippen LogP contribution in [0.3, 0.4) is 0 Å². The third-order valence-corrected chi connectivity index (χ3v) is 3.43. The first-order chi connectivity index (χ1) is 8.90. The Morgan fingerprint density at radius 1 is 1.05 bits per heavy atom. The van der Waals surface area contributed by atoms with E-state index in [1.54, 1.807) is 0 Å². The van der Waals surface area contributed by atoms with Gasteiger partial charge in [0.1, 0.15) is 5.82 Å². The fourth-order valence-electron chi connectivity index (χ4n) is 2.18. The van der Waals surface area contributed by atoms with E-state index in [1.807, 2.05) is 13.8 Å². The third kappa shape index (κ3) is 2.60. The van der Waals surface area contributed by atoms with Gasteiger partial charge in [0.25, 0.3) is 0 Å². The van der Waals surface area contributed by atoms with Crippen molar-refractivity contribution < 1.29 is 0 Å². The van der Waals surface area contributed by atoms with Gasteiger partial charge in [-0.2, -0.15) is 0 Å². The number of rotatable bonds is 2. The average Bonchev–Trinajstić information content (AvgIpc) is 2.34. The molecule has 0 bridgehead atoms. The Morgan fingerprint density at radius 2 is 1.74 bits per heavy atom. The molecule has 0 radical (unpaired) electrons. The van der Waals surface area contributed by atoms with Gasteiger partial charge < -0.3 is 5.73 Å². The Bertz CT molecular complexity index is 616. The number of nitrogens with zero attached hydrogens (tertiary/aromatic N) is 2. The van der Waals surface area contributed by atoms with Crippen LogP contribution in [0.25, 0.3) is 11.3 Å². The van der Waals surface area contributed by atoms with Gasteiger partial charge in [-0.25, -0.2) is 9.97 Å². The minimum Gasteiger partial charge on any atom is -0.395 e. The summed E-state index contributed by atoms with van der Waals surface area (Å²) in [5.41, 5.74) is 12.1. The number of aryl methyl sites for hydroxylation is 3. The molecule has 0 aliphatic heterocycles. The minimum atomic E-state index is 0.490. The Balaban J connectivity index is 2.68. The van der Waals surface area contributed by atoms with Crippen molar-refractivity contribution in [3.05, 3.63) is 40.8 Å². The highest BCUT2D eigenvalue weighted by atomic mass is 14.9. The molecule has 19 heavy (non-hydrogen) atoms. The first-order valence-electron chi connectivity index (χ1n) is 6.61. The molecule has 2 N–H and O–H groups in total. The Morgan fingerprint density at radius 3 is 2.37 bits per heavy atom. The molecular formula is C16H21N3. The van der Waals surface area contributed by atoms with E-state index >= 15 is 0 Å². The standard InChI is InChI=1S/C16H21N3/c1-9(2)13-7-6-10(3)14(8-13)16-15(17)11(4)18-12(5)19-16/h6-9H,17H2,1-5H3. The molecule has 3 heteroatoms. The van der Waals surface area contributed by atoms with Crippen LogP contribution in [-0.2, 0) is 0 Å². The second-order valence-electron chi connectivity index (χ2n) is 5.35. The largest absolute Gasteiger partial charge is 0.395 e. The lowest BCUT2D eigenvalue weighted by Gasteiger charge is -2.14. The van der Waals surface area contributed by atoms with E-state index in [4.69, 9.17) is 5.73 Å². The van der Waals surface area contributed by atoms with Gasteiger partial charge in [-0.05, 0) is 43.9 Å². The van der Waals surface area contributed by atoms with Gasteiger partial charge in [0.15, 0.2) is 0 Å². The summed E-state index contributed by atoms with van der Waals surface area (Å²) >= 11 is 0. The molecule has 1 aromatic carbocycles. The predicted molar refractivity (Wildman–Crippen MR) is 80.2 cm³/mol. The van der Waals surface area contributed by atoms with Crippen LogP contribution in [0.1, 0.15) is 42.4 Å². The zero-order chi connectivity index (χ0) is 14.2. The van der Waals surface area contributed by atoms with Gasteiger partial charge in [0.05, 0.1) is 17.1 Å². The van der Waals surface area contributed by atoms with Crippen molar-refractivity contribution in [1.82, 2.24) is 9.97 Å². The highest BCUT2D eigenvalue weighted by Crippen LogP contribution is 2.30. The number of anilines is 1. The van der Waals surface area contributed by atoms with Crippen molar-refractivity contribution in [1.29, 1.82) is 0 Å². The van der Waals surface area contributed by atoms with Crippen LogP contribution in [0.5, 0.6) is 0 Å². The normalized spacial score (nSPS) is 11.1. The molecule has 2 aromatic rings. The van der Waals surface area contributed by atoms with Gasteiger partial charge in [0.2, 0.25) is 0 Å². The van der Waals surface area contributed by atoms with Gasteiger partial charge in [-0.3, -0.25) is 0 Å². The summed E-state index contributed by atoms with van der Waals surface area (Å²) in [6, 6.07) is 6.50. The number of aromatic nitrogens is 2. The number of hydrogen-bond donors (Lipinski definition) is 1. The molecule has 0 saturated heterocycles. The summed E-state index contributed by atoms with van der Waals surface area (Å²) in [6.45, 7) is 10.3. The minimum absolute atomic E-state index is 0.490. The van der Waals surface area contributed by atoms with Crippen LogP contribution in [0.4, 0.5) is 5.69 Å². The van der Waals surface area contributed by atoms with E-state index in [2.05, 4.69) is 48.9 Å². The summed E-state index contributed by atoms with van der Waals surface area (Å²) in [4.78, 5) is 8.84. The molecule has 2 rings (SSSR count). The molecule has 0 fully saturated rings. The highest BCUT2D eigenvalue weighted by molar-refractivity contribution is 5.76. The van der Waals surface area contributed by atoms with Gasteiger partial charge >= 0.3 is 0 Å². The van der Waals surface area contributed by atoms with Crippen LogP contribution in [-0.4, -0.2) is 9.97 Å². The molecule has 100 valence electrons. The summed E-state index contributed by atoms with van der Waals surface area (Å²) in [7, 11) is 0. The van der Waals surface area contributed by atoms with Gasteiger partial charge in [0, 0.05) is 5.56 Å². The topological polar surface area (TPSA) is 51.8 Å². The van der Waals surface area contributed by atoms with Crippen LogP contribution >= 0.6 is 0 Å². The first kappa shape index (κ1) is 13.5. The molecule has 0 amide bonds. The summed E-state index contributed by atoms with van der Waals surface area (Å²) in [5.74, 6) is 1.25. The smallest absolute Gasteiger partial charge is 0.126 e. The molecule has 0 aliphatic rings.